The lowest BCUT2D eigenvalue weighted by Crippen LogP contribution is -2.28. The van der Waals surface area contributed by atoms with Gasteiger partial charge in [0.15, 0.2) is 5.17 Å². The Morgan fingerprint density at radius 2 is 1.71 bits per heavy atom. The lowest BCUT2D eigenvalue weighted by Gasteiger charge is -2.15. The standard InChI is InChI=1S/C22H14BrN3O4S/c23-15-11-14(20(27)18(13-15)26(29)30)12-19-21(28)25(17-9-5-2-6-10-17)22(31-19)24-16-7-3-1-4-8-16/h1-13,27H/b19-12-,24-22?. The Bertz CT molecular complexity index is 1230. The Labute approximate surface area is 190 Å². The van der Waals surface area contributed by atoms with Gasteiger partial charge in [0, 0.05) is 16.1 Å². The maximum absolute atomic E-state index is 13.3. The topological polar surface area (TPSA) is 96.0 Å². The lowest BCUT2D eigenvalue weighted by molar-refractivity contribution is -0.385. The van der Waals surface area contributed by atoms with E-state index in [0.717, 1.165) is 11.8 Å². The predicted molar refractivity (Wildman–Crippen MR) is 125 cm³/mol. The first kappa shape index (κ1) is 20.8. The summed E-state index contributed by atoms with van der Waals surface area (Å²) in [5.74, 6) is -0.846. The monoisotopic (exact) mass is 495 g/mol. The number of para-hydroxylation sites is 2. The van der Waals surface area contributed by atoms with Gasteiger partial charge >= 0.3 is 5.69 Å². The number of nitro benzene ring substituents is 1. The zero-order chi connectivity index (χ0) is 22.0. The van der Waals surface area contributed by atoms with Gasteiger partial charge in [-0.3, -0.25) is 19.8 Å². The van der Waals surface area contributed by atoms with E-state index in [9.17, 15) is 20.0 Å². The molecule has 9 heteroatoms. The van der Waals surface area contributed by atoms with E-state index in [1.165, 1.54) is 23.1 Å². The number of nitro groups is 1. The molecule has 7 nitrogen and oxygen atoms in total. The molecule has 1 fully saturated rings. The zero-order valence-corrected chi connectivity index (χ0v) is 18.2. The number of benzene rings is 3. The van der Waals surface area contributed by atoms with E-state index in [2.05, 4.69) is 20.9 Å². The highest BCUT2D eigenvalue weighted by atomic mass is 79.9. The molecular weight excluding hydrogens is 482 g/mol. The number of nitrogens with zero attached hydrogens (tertiary/aromatic N) is 3. The molecule has 0 radical (unpaired) electrons. The Hall–Kier alpha value is -3.43. The molecule has 1 amide bonds. The van der Waals surface area contributed by atoms with Crippen LogP contribution in [-0.2, 0) is 4.79 Å². The Balaban J connectivity index is 1.81. The van der Waals surface area contributed by atoms with Crippen molar-refractivity contribution in [1.82, 2.24) is 0 Å². The van der Waals surface area contributed by atoms with Crippen molar-refractivity contribution in [3.8, 4) is 5.75 Å². The second-order valence-corrected chi connectivity index (χ2v) is 8.36. The van der Waals surface area contributed by atoms with Crippen molar-refractivity contribution in [3.63, 3.8) is 0 Å². The summed E-state index contributed by atoms with van der Waals surface area (Å²) in [5, 5.41) is 22.0. The van der Waals surface area contributed by atoms with Gasteiger partial charge in [-0.2, -0.15) is 0 Å². The average Bonchev–Trinajstić information content (AvgIpc) is 3.06. The molecule has 1 aliphatic rings. The number of phenolic OH excluding ortho intramolecular Hbond substituents is 1. The van der Waals surface area contributed by atoms with Gasteiger partial charge in [0.2, 0.25) is 5.75 Å². The van der Waals surface area contributed by atoms with Crippen molar-refractivity contribution >= 4 is 61.9 Å². The third-order valence-corrected chi connectivity index (χ3v) is 5.80. The van der Waals surface area contributed by atoms with Crippen LogP contribution in [0.4, 0.5) is 17.1 Å². The van der Waals surface area contributed by atoms with E-state index in [4.69, 9.17) is 0 Å². The van der Waals surface area contributed by atoms with Crippen molar-refractivity contribution < 1.29 is 14.8 Å². The summed E-state index contributed by atoms with van der Waals surface area (Å²) in [7, 11) is 0. The zero-order valence-electron chi connectivity index (χ0n) is 15.8. The van der Waals surface area contributed by atoms with Gasteiger partial charge in [0.1, 0.15) is 0 Å². The Kier molecular flexibility index (Phi) is 5.88. The quantitative estimate of drug-likeness (QED) is 0.277. The van der Waals surface area contributed by atoms with Crippen molar-refractivity contribution in [1.29, 1.82) is 0 Å². The molecule has 1 aliphatic heterocycles. The van der Waals surface area contributed by atoms with Gasteiger partial charge in [-0.1, -0.05) is 52.3 Å². The highest BCUT2D eigenvalue weighted by Crippen LogP contribution is 2.40. The number of hydrogen-bond donors (Lipinski definition) is 1. The van der Waals surface area contributed by atoms with Gasteiger partial charge < -0.3 is 5.11 Å². The number of aromatic hydroxyl groups is 1. The van der Waals surface area contributed by atoms with Crippen LogP contribution >= 0.6 is 27.7 Å². The highest BCUT2D eigenvalue weighted by molar-refractivity contribution is 9.10. The van der Waals surface area contributed by atoms with Crippen molar-refractivity contribution in [2.24, 2.45) is 4.99 Å². The van der Waals surface area contributed by atoms with E-state index in [1.54, 1.807) is 12.1 Å². The van der Waals surface area contributed by atoms with Crippen LogP contribution in [0, 0.1) is 10.1 Å². The van der Waals surface area contributed by atoms with Crippen LogP contribution in [0.3, 0.4) is 0 Å². The van der Waals surface area contributed by atoms with Crippen LogP contribution in [0.25, 0.3) is 6.08 Å². The molecule has 1 N–H and O–H groups in total. The van der Waals surface area contributed by atoms with E-state index in [0.29, 0.717) is 21.0 Å². The van der Waals surface area contributed by atoms with E-state index in [-0.39, 0.29) is 16.4 Å². The van der Waals surface area contributed by atoms with Crippen LogP contribution in [0.2, 0.25) is 0 Å². The molecule has 3 aromatic rings. The second kappa shape index (κ2) is 8.75. The van der Waals surface area contributed by atoms with Crippen LogP contribution in [0.1, 0.15) is 5.56 Å². The summed E-state index contributed by atoms with van der Waals surface area (Å²) in [6.07, 6.45) is 1.43. The Morgan fingerprint density at radius 1 is 1.06 bits per heavy atom. The highest BCUT2D eigenvalue weighted by Gasteiger charge is 2.35. The number of hydrogen-bond acceptors (Lipinski definition) is 6. The number of phenols is 1. The first-order chi connectivity index (χ1) is 14.9. The summed E-state index contributed by atoms with van der Waals surface area (Å²) in [6.45, 7) is 0. The third kappa shape index (κ3) is 4.37. The number of aliphatic imine (C=N–C) groups is 1. The van der Waals surface area contributed by atoms with Crippen molar-refractivity contribution in [2.45, 2.75) is 0 Å². The number of halogens is 1. The minimum atomic E-state index is -0.676. The van der Waals surface area contributed by atoms with Crippen LogP contribution in [-0.4, -0.2) is 21.1 Å². The number of amides is 1. The summed E-state index contributed by atoms with van der Waals surface area (Å²) in [6, 6.07) is 21.0. The van der Waals surface area contributed by atoms with E-state index < -0.39 is 16.4 Å². The predicted octanol–water partition coefficient (Wildman–Crippen LogP) is 5.87. The van der Waals surface area contributed by atoms with Gasteiger partial charge in [0.05, 0.1) is 21.2 Å². The minimum Gasteiger partial charge on any atom is -0.502 e. The number of carbonyl (C=O) groups is 1. The number of anilines is 1. The average molecular weight is 496 g/mol. The third-order valence-electron chi connectivity index (χ3n) is 4.37. The molecule has 0 saturated carbocycles. The smallest absolute Gasteiger partial charge is 0.312 e. The molecule has 4 rings (SSSR count). The normalized spacial score (nSPS) is 16.3. The lowest BCUT2D eigenvalue weighted by atomic mass is 10.1. The second-order valence-electron chi connectivity index (χ2n) is 6.44. The summed E-state index contributed by atoms with van der Waals surface area (Å²) in [4.78, 5) is 30.2. The summed E-state index contributed by atoms with van der Waals surface area (Å²) >= 11 is 4.35. The van der Waals surface area contributed by atoms with Gasteiger partial charge in [0.25, 0.3) is 5.91 Å². The first-order valence-corrected chi connectivity index (χ1v) is 10.6. The van der Waals surface area contributed by atoms with Crippen molar-refractivity contribution in [2.75, 3.05) is 4.90 Å². The number of carbonyl (C=O) groups excluding carboxylic acids is 1. The molecule has 0 atom stereocenters. The molecule has 0 aliphatic carbocycles. The number of amidine groups is 1. The molecule has 1 saturated heterocycles. The molecule has 154 valence electrons. The molecule has 1 heterocycles. The Morgan fingerprint density at radius 3 is 2.35 bits per heavy atom. The summed E-state index contributed by atoms with van der Waals surface area (Å²) < 4.78 is 0.414. The fraction of sp³-hybridized carbons (Fsp3) is 0. The summed E-state index contributed by atoms with van der Waals surface area (Å²) in [5.41, 5.74) is 1.03. The number of rotatable bonds is 4. The van der Waals surface area contributed by atoms with Gasteiger partial charge in [-0.15, -0.1) is 0 Å². The SMILES string of the molecule is O=C1/C(=C/c2cc(Br)cc([N+](=O)[O-])c2O)SC(=Nc2ccccc2)N1c1ccccc1. The van der Waals surface area contributed by atoms with Crippen LogP contribution in [0.15, 0.2) is 87.2 Å². The van der Waals surface area contributed by atoms with Crippen LogP contribution < -0.4 is 4.90 Å². The number of thioether (sulfide) groups is 1. The molecule has 3 aromatic carbocycles. The first-order valence-electron chi connectivity index (χ1n) is 9.04. The molecule has 0 aromatic heterocycles. The maximum Gasteiger partial charge on any atom is 0.312 e. The van der Waals surface area contributed by atoms with Gasteiger partial charge in [-0.25, -0.2) is 4.99 Å². The molecule has 0 spiro atoms. The van der Waals surface area contributed by atoms with E-state index >= 15 is 0 Å². The maximum atomic E-state index is 13.3. The molecule has 31 heavy (non-hydrogen) atoms. The fourth-order valence-corrected chi connectivity index (χ4v) is 4.42. The van der Waals surface area contributed by atoms with Crippen LogP contribution in [0.5, 0.6) is 5.75 Å². The molecule has 0 bridgehead atoms. The van der Waals surface area contributed by atoms with E-state index in [1.807, 2.05) is 48.5 Å². The molecular formula is C22H14BrN3O4S. The molecule has 0 unspecified atom stereocenters. The largest absolute Gasteiger partial charge is 0.502 e. The van der Waals surface area contributed by atoms with Gasteiger partial charge in [-0.05, 0) is 48.2 Å². The minimum absolute atomic E-state index is 0.158. The van der Waals surface area contributed by atoms with Crippen molar-refractivity contribution in [3.05, 3.63) is 97.9 Å². The fourth-order valence-electron chi connectivity index (χ4n) is 2.96.